The first-order chi connectivity index (χ1) is 9.65. The zero-order chi connectivity index (χ0) is 14.4. The molecule has 6 heteroatoms. The zero-order valence-electron chi connectivity index (χ0n) is 12.1. The summed E-state index contributed by atoms with van der Waals surface area (Å²) in [6, 6.07) is 0. The summed E-state index contributed by atoms with van der Waals surface area (Å²) in [7, 11) is 2.02. The van der Waals surface area contributed by atoms with Crippen molar-refractivity contribution in [3.05, 3.63) is 18.2 Å². The maximum atomic E-state index is 10.5. The number of aryl methyl sites for hydroxylation is 1. The van der Waals surface area contributed by atoms with Gasteiger partial charge in [-0.15, -0.1) is 0 Å². The van der Waals surface area contributed by atoms with E-state index in [2.05, 4.69) is 19.8 Å². The minimum absolute atomic E-state index is 0.0593. The van der Waals surface area contributed by atoms with Gasteiger partial charge in [-0.2, -0.15) is 0 Å². The molecule has 1 aromatic heterocycles. The lowest BCUT2D eigenvalue weighted by Gasteiger charge is -2.32. The normalized spacial score (nSPS) is 20.1. The number of hydrogen-bond donors (Lipinski definition) is 2. The van der Waals surface area contributed by atoms with Crippen LogP contribution in [-0.2, 0) is 18.3 Å². The molecule has 6 nitrogen and oxygen atoms in total. The third-order valence-electron chi connectivity index (χ3n) is 3.88. The number of aliphatic carboxylic acids is 1. The van der Waals surface area contributed by atoms with Crippen molar-refractivity contribution in [3.8, 4) is 0 Å². The number of carboxylic acids is 1. The van der Waals surface area contributed by atoms with Crippen molar-refractivity contribution in [3.63, 3.8) is 0 Å². The molecule has 1 aliphatic rings. The molecular weight excluding hydrogens is 256 g/mol. The second kappa shape index (κ2) is 7.40. The highest BCUT2D eigenvalue weighted by molar-refractivity contribution is 5.68. The molecule has 2 heterocycles. The first-order valence-electron chi connectivity index (χ1n) is 7.26. The third kappa shape index (κ3) is 4.61. The molecule has 1 atom stereocenters. The van der Waals surface area contributed by atoms with Crippen LogP contribution in [0.4, 0.5) is 0 Å². The monoisotopic (exact) mass is 280 g/mol. The van der Waals surface area contributed by atoms with Crippen LogP contribution >= 0.6 is 0 Å². The molecule has 0 aromatic carbocycles. The van der Waals surface area contributed by atoms with Gasteiger partial charge in [0.2, 0.25) is 0 Å². The van der Waals surface area contributed by atoms with Crippen LogP contribution in [0.25, 0.3) is 0 Å². The van der Waals surface area contributed by atoms with Gasteiger partial charge in [-0.05, 0) is 31.8 Å². The number of nitrogens with one attached hydrogen (secondary N) is 1. The smallest absolute Gasteiger partial charge is 0.317 e. The molecule has 112 valence electrons. The van der Waals surface area contributed by atoms with Crippen molar-refractivity contribution in [1.82, 2.24) is 19.8 Å². The van der Waals surface area contributed by atoms with Crippen LogP contribution in [-0.4, -0.2) is 58.3 Å². The average molecular weight is 280 g/mol. The van der Waals surface area contributed by atoms with Gasteiger partial charge in [-0.25, -0.2) is 4.98 Å². The third-order valence-corrected chi connectivity index (χ3v) is 3.88. The molecule has 20 heavy (non-hydrogen) atoms. The second-order valence-corrected chi connectivity index (χ2v) is 5.54. The van der Waals surface area contributed by atoms with Gasteiger partial charge < -0.3 is 19.9 Å². The van der Waals surface area contributed by atoms with E-state index < -0.39 is 5.97 Å². The minimum atomic E-state index is -0.785. The fourth-order valence-corrected chi connectivity index (χ4v) is 2.80. The van der Waals surface area contributed by atoms with E-state index in [1.165, 1.54) is 12.8 Å². The number of carboxylic acid groups (broad SMARTS) is 1. The molecule has 0 radical (unpaired) electrons. The number of aromatic nitrogens is 2. The van der Waals surface area contributed by atoms with Crippen LogP contribution in [0.15, 0.2) is 12.4 Å². The summed E-state index contributed by atoms with van der Waals surface area (Å²) in [6.45, 7) is 4.08. The first kappa shape index (κ1) is 15.0. The lowest BCUT2D eigenvalue weighted by molar-refractivity contribution is -0.136. The predicted molar refractivity (Wildman–Crippen MR) is 76.6 cm³/mol. The maximum absolute atomic E-state index is 10.5. The number of imidazole rings is 1. The minimum Gasteiger partial charge on any atom is -0.480 e. The number of rotatable bonds is 7. The molecule has 0 spiro atoms. The van der Waals surface area contributed by atoms with E-state index in [4.69, 9.17) is 5.11 Å². The van der Waals surface area contributed by atoms with Crippen molar-refractivity contribution < 1.29 is 9.90 Å². The van der Waals surface area contributed by atoms with Gasteiger partial charge in [-0.1, -0.05) is 0 Å². The van der Waals surface area contributed by atoms with Crippen molar-refractivity contribution in [2.24, 2.45) is 13.0 Å². The van der Waals surface area contributed by atoms with E-state index >= 15 is 0 Å². The van der Waals surface area contributed by atoms with Gasteiger partial charge in [0, 0.05) is 39.0 Å². The van der Waals surface area contributed by atoms with E-state index in [0.29, 0.717) is 5.92 Å². The summed E-state index contributed by atoms with van der Waals surface area (Å²) < 4.78 is 2.07. The Morgan fingerprint density at radius 2 is 2.45 bits per heavy atom. The van der Waals surface area contributed by atoms with Crippen molar-refractivity contribution in [2.45, 2.75) is 19.3 Å². The number of nitrogens with zero attached hydrogens (tertiary/aromatic N) is 3. The quantitative estimate of drug-likeness (QED) is 0.754. The lowest BCUT2D eigenvalue weighted by atomic mass is 9.98. The van der Waals surface area contributed by atoms with Gasteiger partial charge in [-0.3, -0.25) is 4.79 Å². The van der Waals surface area contributed by atoms with Crippen molar-refractivity contribution in [2.75, 3.05) is 32.7 Å². The second-order valence-electron chi connectivity index (χ2n) is 5.54. The molecule has 1 fully saturated rings. The van der Waals surface area contributed by atoms with Crippen molar-refractivity contribution >= 4 is 5.97 Å². The Hall–Kier alpha value is -1.40. The standard InChI is InChI=1S/C14H24N4O2/c1-17-8-5-16-13(17)4-7-18-6-2-3-12(11-18)9-15-10-14(19)20/h5,8,12,15H,2-4,6-7,9-11H2,1H3,(H,19,20). The van der Waals surface area contributed by atoms with E-state index in [1.807, 2.05) is 19.4 Å². The molecule has 0 saturated carbocycles. The summed E-state index contributed by atoms with van der Waals surface area (Å²) in [6.07, 6.45) is 7.17. The van der Waals surface area contributed by atoms with Crippen LogP contribution in [0, 0.1) is 5.92 Å². The van der Waals surface area contributed by atoms with E-state index in [-0.39, 0.29) is 6.54 Å². The fourth-order valence-electron chi connectivity index (χ4n) is 2.80. The molecule has 1 unspecified atom stereocenters. The molecule has 0 amide bonds. The van der Waals surface area contributed by atoms with Crippen molar-refractivity contribution in [1.29, 1.82) is 0 Å². The lowest BCUT2D eigenvalue weighted by Crippen LogP contribution is -2.41. The Bertz CT molecular complexity index is 433. The number of hydrogen-bond acceptors (Lipinski definition) is 4. The number of carbonyl (C=O) groups is 1. The largest absolute Gasteiger partial charge is 0.480 e. The molecule has 2 rings (SSSR count). The Kier molecular flexibility index (Phi) is 5.55. The summed E-state index contributed by atoms with van der Waals surface area (Å²) in [5.41, 5.74) is 0. The first-order valence-corrected chi connectivity index (χ1v) is 7.26. The summed E-state index contributed by atoms with van der Waals surface area (Å²) >= 11 is 0. The highest BCUT2D eigenvalue weighted by atomic mass is 16.4. The Labute approximate surface area is 119 Å². The molecule has 0 aliphatic carbocycles. The molecule has 1 aliphatic heterocycles. The zero-order valence-corrected chi connectivity index (χ0v) is 12.1. The molecular formula is C14H24N4O2. The van der Waals surface area contributed by atoms with Gasteiger partial charge >= 0.3 is 5.97 Å². The SMILES string of the molecule is Cn1ccnc1CCN1CCCC(CNCC(=O)O)C1. The Balaban J connectivity index is 1.70. The van der Waals surface area contributed by atoms with Gasteiger partial charge in [0.05, 0.1) is 6.54 Å². The number of likely N-dealkylation sites (tertiary alicyclic amines) is 1. The van der Waals surface area contributed by atoms with E-state index in [9.17, 15) is 4.79 Å². The Morgan fingerprint density at radius 3 is 3.15 bits per heavy atom. The molecule has 0 bridgehead atoms. The summed E-state index contributed by atoms with van der Waals surface area (Å²) in [5, 5.41) is 11.6. The Morgan fingerprint density at radius 1 is 1.60 bits per heavy atom. The number of piperidine rings is 1. The molecule has 1 saturated heterocycles. The average Bonchev–Trinajstić information content (AvgIpc) is 2.82. The van der Waals surface area contributed by atoms with Gasteiger partial charge in [0.15, 0.2) is 0 Å². The van der Waals surface area contributed by atoms with Crippen LogP contribution in [0.5, 0.6) is 0 Å². The van der Waals surface area contributed by atoms with E-state index in [0.717, 1.165) is 38.4 Å². The van der Waals surface area contributed by atoms with Crippen LogP contribution in [0.1, 0.15) is 18.7 Å². The highest BCUT2D eigenvalue weighted by Gasteiger charge is 2.19. The highest BCUT2D eigenvalue weighted by Crippen LogP contribution is 2.16. The molecule has 1 aromatic rings. The fraction of sp³-hybridized carbons (Fsp3) is 0.714. The topological polar surface area (TPSA) is 70.4 Å². The summed E-state index contributed by atoms with van der Waals surface area (Å²) in [5.74, 6) is 0.896. The van der Waals surface area contributed by atoms with Crippen LogP contribution in [0.3, 0.4) is 0 Å². The predicted octanol–water partition coefficient (Wildman–Crippen LogP) is 0.349. The van der Waals surface area contributed by atoms with Gasteiger partial charge in [0.25, 0.3) is 0 Å². The summed E-state index contributed by atoms with van der Waals surface area (Å²) in [4.78, 5) is 17.3. The van der Waals surface area contributed by atoms with E-state index in [1.54, 1.807) is 0 Å². The van der Waals surface area contributed by atoms with Gasteiger partial charge in [0.1, 0.15) is 5.82 Å². The molecule has 2 N–H and O–H groups in total. The maximum Gasteiger partial charge on any atom is 0.317 e. The van der Waals surface area contributed by atoms with Crippen LogP contribution < -0.4 is 5.32 Å². The van der Waals surface area contributed by atoms with Crippen LogP contribution in [0.2, 0.25) is 0 Å².